The molecule has 0 heterocycles. The standard InChI is InChI=1S/C18H15O2P/c19-16-7-3-1-5-13(16)12-9-10-18(21)15(11-12)14-6-2-4-8-17(14)20/h1-11,19-20H,21H2. The lowest BCUT2D eigenvalue weighted by Gasteiger charge is -2.11. The van der Waals surface area contributed by atoms with Crippen LogP contribution in [-0.4, -0.2) is 10.2 Å². The maximum atomic E-state index is 10.0. The van der Waals surface area contributed by atoms with Gasteiger partial charge < -0.3 is 10.2 Å². The van der Waals surface area contributed by atoms with Crippen LogP contribution < -0.4 is 5.30 Å². The third-order valence-corrected chi connectivity index (χ3v) is 3.97. The van der Waals surface area contributed by atoms with Crippen LogP contribution in [0.5, 0.6) is 11.5 Å². The van der Waals surface area contributed by atoms with Gasteiger partial charge in [0.1, 0.15) is 11.5 Å². The van der Waals surface area contributed by atoms with Gasteiger partial charge in [0.15, 0.2) is 0 Å². The summed E-state index contributed by atoms with van der Waals surface area (Å²) >= 11 is 0. The molecular formula is C18H15O2P. The highest BCUT2D eigenvalue weighted by molar-refractivity contribution is 7.28. The van der Waals surface area contributed by atoms with Gasteiger partial charge in [-0.1, -0.05) is 48.5 Å². The van der Waals surface area contributed by atoms with E-state index < -0.39 is 0 Å². The summed E-state index contributed by atoms with van der Waals surface area (Å²) in [6.07, 6.45) is 0. The third-order valence-electron chi connectivity index (χ3n) is 3.46. The topological polar surface area (TPSA) is 40.5 Å². The highest BCUT2D eigenvalue weighted by Crippen LogP contribution is 2.34. The lowest BCUT2D eigenvalue weighted by molar-refractivity contribution is 0.477. The van der Waals surface area contributed by atoms with Crippen molar-refractivity contribution in [3.05, 3.63) is 66.7 Å². The summed E-state index contributed by atoms with van der Waals surface area (Å²) in [5, 5.41) is 21.0. The highest BCUT2D eigenvalue weighted by atomic mass is 31.0. The van der Waals surface area contributed by atoms with Crippen molar-refractivity contribution in [1.29, 1.82) is 0 Å². The van der Waals surface area contributed by atoms with Gasteiger partial charge in [0.2, 0.25) is 0 Å². The average molecular weight is 294 g/mol. The summed E-state index contributed by atoms with van der Waals surface area (Å²) in [4.78, 5) is 0. The van der Waals surface area contributed by atoms with Crippen molar-refractivity contribution in [3.63, 3.8) is 0 Å². The Morgan fingerprint density at radius 2 is 1.19 bits per heavy atom. The van der Waals surface area contributed by atoms with Gasteiger partial charge in [-0.2, -0.15) is 0 Å². The van der Waals surface area contributed by atoms with Crippen LogP contribution in [0.2, 0.25) is 0 Å². The minimum absolute atomic E-state index is 0.246. The molecule has 0 amide bonds. The molecule has 3 rings (SSSR count). The molecule has 3 aromatic carbocycles. The lowest BCUT2D eigenvalue weighted by atomic mass is 9.98. The molecule has 0 radical (unpaired) electrons. The number of benzene rings is 3. The van der Waals surface area contributed by atoms with Crippen LogP contribution in [0, 0.1) is 0 Å². The van der Waals surface area contributed by atoms with E-state index >= 15 is 0 Å². The molecule has 3 heteroatoms. The minimum Gasteiger partial charge on any atom is -0.507 e. The van der Waals surface area contributed by atoms with Crippen molar-refractivity contribution >= 4 is 14.5 Å². The Bertz CT molecular complexity index is 797. The summed E-state index contributed by atoms with van der Waals surface area (Å²) in [5.74, 6) is 0.493. The molecule has 0 spiro atoms. The number of phenols is 2. The fraction of sp³-hybridized carbons (Fsp3) is 0. The van der Waals surface area contributed by atoms with Crippen molar-refractivity contribution in [2.24, 2.45) is 0 Å². The number of phenolic OH excluding ortho intramolecular Hbond substituents is 2. The quantitative estimate of drug-likeness (QED) is 0.703. The Labute approximate surface area is 125 Å². The molecule has 21 heavy (non-hydrogen) atoms. The molecule has 1 unspecified atom stereocenters. The van der Waals surface area contributed by atoms with E-state index in [9.17, 15) is 10.2 Å². The lowest BCUT2D eigenvalue weighted by Crippen LogP contribution is -1.97. The van der Waals surface area contributed by atoms with Crippen molar-refractivity contribution in [1.82, 2.24) is 0 Å². The molecule has 0 saturated heterocycles. The van der Waals surface area contributed by atoms with Gasteiger partial charge in [0.05, 0.1) is 0 Å². The van der Waals surface area contributed by atoms with Crippen molar-refractivity contribution in [3.8, 4) is 33.8 Å². The van der Waals surface area contributed by atoms with E-state index in [-0.39, 0.29) is 11.5 Å². The summed E-state index contributed by atoms with van der Waals surface area (Å²) in [6, 6.07) is 20.4. The zero-order valence-electron chi connectivity index (χ0n) is 11.3. The first-order valence-corrected chi connectivity index (χ1v) is 7.21. The SMILES string of the molecule is Oc1ccccc1-c1ccc(P)c(-c2ccccc2O)c1. The van der Waals surface area contributed by atoms with E-state index in [1.807, 2.05) is 42.5 Å². The Balaban J connectivity index is 2.18. The second kappa shape index (κ2) is 5.59. The van der Waals surface area contributed by atoms with Crippen LogP contribution in [0.25, 0.3) is 22.3 Å². The first-order valence-electron chi connectivity index (χ1n) is 6.63. The van der Waals surface area contributed by atoms with Crippen molar-refractivity contribution in [2.75, 3.05) is 0 Å². The van der Waals surface area contributed by atoms with Crippen LogP contribution in [0.15, 0.2) is 66.7 Å². The van der Waals surface area contributed by atoms with Gasteiger partial charge in [-0.3, -0.25) is 0 Å². The van der Waals surface area contributed by atoms with Gasteiger partial charge in [-0.25, -0.2) is 0 Å². The summed E-state index contributed by atoms with van der Waals surface area (Å²) in [5.41, 5.74) is 3.40. The Hall–Kier alpha value is -2.31. The van der Waals surface area contributed by atoms with Gasteiger partial charge >= 0.3 is 0 Å². The fourth-order valence-corrected chi connectivity index (χ4v) is 2.71. The van der Waals surface area contributed by atoms with Crippen LogP contribution in [0.1, 0.15) is 0 Å². The molecule has 0 fully saturated rings. The van der Waals surface area contributed by atoms with Crippen LogP contribution >= 0.6 is 9.24 Å². The molecule has 104 valence electrons. The molecule has 0 aromatic heterocycles. The number of rotatable bonds is 2. The predicted molar refractivity (Wildman–Crippen MR) is 90.0 cm³/mol. The average Bonchev–Trinajstić information content (AvgIpc) is 2.49. The normalized spacial score (nSPS) is 10.5. The monoisotopic (exact) mass is 294 g/mol. The molecule has 1 atom stereocenters. The Morgan fingerprint density at radius 1 is 0.619 bits per heavy atom. The van der Waals surface area contributed by atoms with E-state index in [2.05, 4.69) is 9.24 Å². The van der Waals surface area contributed by atoms with Gasteiger partial charge in [0.25, 0.3) is 0 Å². The Morgan fingerprint density at radius 3 is 1.81 bits per heavy atom. The molecule has 0 bridgehead atoms. The van der Waals surface area contributed by atoms with Gasteiger partial charge in [-0.15, -0.1) is 9.24 Å². The van der Waals surface area contributed by atoms with Crippen LogP contribution in [0.4, 0.5) is 0 Å². The van der Waals surface area contributed by atoms with Gasteiger partial charge in [0, 0.05) is 11.1 Å². The number of hydrogen-bond acceptors (Lipinski definition) is 2. The summed E-state index contributed by atoms with van der Waals surface area (Å²) < 4.78 is 0. The molecule has 3 aromatic rings. The van der Waals surface area contributed by atoms with Crippen molar-refractivity contribution in [2.45, 2.75) is 0 Å². The Kier molecular flexibility index (Phi) is 3.64. The largest absolute Gasteiger partial charge is 0.507 e. The second-order valence-corrected chi connectivity index (χ2v) is 5.46. The zero-order chi connectivity index (χ0) is 14.8. The smallest absolute Gasteiger partial charge is 0.123 e. The highest BCUT2D eigenvalue weighted by Gasteiger charge is 2.10. The van der Waals surface area contributed by atoms with E-state index in [0.717, 1.165) is 27.6 Å². The molecule has 2 N–H and O–H groups in total. The fourth-order valence-electron chi connectivity index (χ4n) is 2.38. The molecule has 0 aliphatic rings. The van der Waals surface area contributed by atoms with Crippen molar-refractivity contribution < 1.29 is 10.2 Å². The van der Waals surface area contributed by atoms with Gasteiger partial charge in [-0.05, 0) is 34.6 Å². The third kappa shape index (κ3) is 2.63. The number of para-hydroxylation sites is 2. The van der Waals surface area contributed by atoms with E-state index in [4.69, 9.17) is 0 Å². The van der Waals surface area contributed by atoms with Crippen LogP contribution in [-0.2, 0) is 0 Å². The number of aromatic hydroxyl groups is 2. The predicted octanol–water partition coefficient (Wildman–Crippen LogP) is 3.93. The molecule has 0 aliphatic heterocycles. The second-order valence-electron chi connectivity index (χ2n) is 4.84. The maximum Gasteiger partial charge on any atom is 0.123 e. The molecule has 0 saturated carbocycles. The molecular weight excluding hydrogens is 279 g/mol. The maximum absolute atomic E-state index is 10.0. The van der Waals surface area contributed by atoms with Crippen LogP contribution in [0.3, 0.4) is 0 Å². The first kappa shape index (κ1) is 13.7. The molecule has 0 aliphatic carbocycles. The van der Waals surface area contributed by atoms with E-state index in [1.165, 1.54) is 0 Å². The van der Waals surface area contributed by atoms with E-state index in [1.54, 1.807) is 24.3 Å². The van der Waals surface area contributed by atoms with E-state index in [0.29, 0.717) is 0 Å². The number of hydrogen-bond donors (Lipinski definition) is 2. The summed E-state index contributed by atoms with van der Waals surface area (Å²) in [6.45, 7) is 0. The first-order chi connectivity index (χ1) is 10.2. The summed E-state index contributed by atoms with van der Waals surface area (Å²) in [7, 11) is 2.68. The minimum atomic E-state index is 0.246. The molecule has 2 nitrogen and oxygen atoms in total. The zero-order valence-corrected chi connectivity index (χ0v) is 12.5.